The van der Waals surface area contributed by atoms with Gasteiger partial charge in [0.25, 0.3) is 0 Å². The number of fused-ring (bicyclic) bond motifs is 1. The molecule has 1 aliphatic rings. The van der Waals surface area contributed by atoms with Gasteiger partial charge in [-0.25, -0.2) is 9.78 Å². The van der Waals surface area contributed by atoms with E-state index in [9.17, 15) is 27.9 Å². The van der Waals surface area contributed by atoms with Gasteiger partial charge in [0, 0.05) is 12.7 Å². The van der Waals surface area contributed by atoms with Crippen LogP contribution in [0.1, 0.15) is 22.7 Å². The molecule has 142 valence electrons. The first-order valence-corrected chi connectivity index (χ1v) is 9.02. The number of halogens is 3. The number of hydrogen-bond acceptors (Lipinski definition) is 4. The number of rotatable bonds is 4. The van der Waals surface area contributed by atoms with E-state index in [2.05, 4.69) is 4.98 Å². The zero-order valence-electron chi connectivity index (χ0n) is 13.9. The highest BCUT2D eigenvalue weighted by atomic mass is 32.2. The molecule has 0 radical (unpaired) electrons. The molecule has 5 nitrogen and oxygen atoms in total. The Bertz CT molecular complexity index is 856. The van der Waals surface area contributed by atoms with E-state index in [-0.39, 0.29) is 17.3 Å². The molecule has 0 bridgehead atoms. The Labute approximate surface area is 157 Å². The Morgan fingerprint density at radius 1 is 1.22 bits per heavy atom. The molecule has 1 atom stereocenters. The van der Waals surface area contributed by atoms with E-state index in [1.165, 1.54) is 11.0 Å². The molecule has 1 aromatic carbocycles. The molecule has 27 heavy (non-hydrogen) atoms. The van der Waals surface area contributed by atoms with Gasteiger partial charge in [0.2, 0.25) is 5.91 Å². The summed E-state index contributed by atoms with van der Waals surface area (Å²) in [5, 5.41) is 9.84. The fourth-order valence-corrected chi connectivity index (χ4v) is 3.68. The van der Waals surface area contributed by atoms with Crippen molar-refractivity contribution in [2.45, 2.75) is 23.7 Å². The number of aromatic nitrogens is 1. The Morgan fingerprint density at radius 3 is 2.59 bits per heavy atom. The van der Waals surface area contributed by atoms with Crippen LogP contribution in [-0.2, 0) is 22.2 Å². The second kappa shape index (κ2) is 7.59. The number of hydrogen-bond donors (Lipinski definition) is 1. The molecule has 0 saturated carbocycles. The van der Waals surface area contributed by atoms with Gasteiger partial charge in [0.1, 0.15) is 0 Å². The van der Waals surface area contributed by atoms with Gasteiger partial charge >= 0.3 is 12.1 Å². The summed E-state index contributed by atoms with van der Waals surface area (Å²) < 4.78 is 37.7. The van der Waals surface area contributed by atoms with Gasteiger partial charge in [-0.3, -0.25) is 4.79 Å². The lowest BCUT2D eigenvalue weighted by Gasteiger charge is -2.34. The van der Waals surface area contributed by atoms with Crippen LogP contribution in [0.5, 0.6) is 0 Å². The molecule has 1 aliphatic heterocycles. The number of carboxylic acid groups (broad SMARTS) is 1. The maximum absolute atomic E-state index is 12.6. The largest absolute Gasteiger partial charge is 0.479 e. The van der Waals surface area contributed by atoms with Crippen LogP contribution in [0, 0.1) is 0 Å². The van der Waals surface area contributed by atoms with E-state index in [0.29, 0.717) is 18.2 Å². The lowest BCUT2D eigenvalue weighted by molar-refractivity contribution is -0.150. The van der Waals surface area contributed by atoms with Crippen LogP contribution in [0.4, 0.5) is 13.2 Å². The minimum Gasteiger partial charge on any atom is -0.479 e. The quantitative estimate of drug-likeness (QED) is 0.802. The van der Waals surface area contributed by atoms with Crippen molar-refractivity contribution < 1.29 is 27.9 Å². The number of pyridine rings is 1. The van der Waals surface area contributed by atoms with Crippen molar-refractivity contribution >= 4 is 23.6 Å². The summed E-state index contributed by atoms with van der Waals surface area (Å²) in [4.78, 5) is 29.3. The zero-order chi connectivity index (χ0) is 19.6. The second-order valence-electron chi connectivity index (χ2n) is 5.95. The second-order valence-corrected chi connectivity index (χ2v) is 6.94. The van der Waals surface area contributed by atoms with Crippen molar-refractivity contribution in [1.82, 2.24) is 9.88 Å². The van der Waals surface area contributed by atoms with E-state index in [1.54, 1.807) is 12.1 Å². The molecule has 2 aromatic rings. The molecule has 0 saturated heterocycles. The number of alkyl halides is 3. The van der Waals surface area contributed by atoms with Crippen molar-refractivity contribution in [2.24, 2.45) is 0 Å². The molecule has 1 aromatic heterocycles. The average molecular weight is 396 g/mol. The van der Waals surface area contributed by atoms with Gasteiger partial charge in [-0.05, 0) is 29.7 Å². The Morgan fingerprint density at radius 2 is 1.96 bits per heavy atom. The van der Waals surface area contributed by atoms with Crippen molar-refractivity contribution in [1.29, 1.82) is 0 Å². The molecular weight excluding hydrogens is 381 g/mol. The third-order valence-corrected chi connectivity index (χ3v) is 5.17. The fraction of sp³-hybridized carbons (Fsp3) is 0.278. The van der Waals surface area contributed by atoms with Gasteiger partial charge < -0.3 is 10.0 Å². The first kappa shape index (κ1) is 19.2. The topological polar surface area (TPSA) is 70.5 Å². The van der Waals surface area contributed by atoms with Gasteiger partial charge in [-0.2, -0.15) is 13.2 Å². The first-order valence-electron chi connectivity index (χ1n) is 8.03. The number of amides is 1. The van der Waals surface area contributed by atoms with Crippen molar-refractivity contribution in [3.05, 3.63) is 59.3 Å². The van der Waals surface area contributed by atoms with Crippen LogP contribution < -0.4 is 0 Å². The van der Waals surface area contributed by atoms with Gasteiger partial charge in [-0.15, -0.1) is 0 Å². The normalized spacial score (nSPS) is 16.7. The molecule has 2 heterocycles. The number of carbonyl (C=O) groups is 2. The van der Waals surface area contributed by atoms with Crippen molar-refractivity contribution in [2.75, 3.05) is 12.3 Å². The molecule has 3 rings (SSSR count). The Kier molecular flexibility index (Phi) is 5.41. The summed E-state index contributed by atoms with van der Waals surface area (Å²) >= 11 is 0.974. The summed E-state index contributed by atoms with van der Waals surface area (Å²) in [6.45, 7) is 0.272. The SMILES string of the molecule is O=C(O)C1c2ccccc2CCN1C(=O)CSc1ccc(C(F)(F)F)cn1. The lowest BCUT2D eigenvalue weighted by Crippen LogP contribution is -2.44. The number of aliphatic carboxylic acids is 1. The molecule has 0 fully saturated rings. The van der Waals surface area contributed by atoms with Crippen LogP contribution in [0.15, 0.2) is 47.6 Å². The van der Waals surface area contributed by atoms with Crippen LogP contribution >= 0.6 is 11.8 Å². The Balaban J connectivity index is 1.70. The standard InChI is InChI=1S/C18H15F3N2O3S/c19-18(20,21)12-5-6-14(22-9-12)27-10-15(24)23-8-7-11-3-1-2-4-13(11)16(23)17(25)26/h1-6,9,16H,7-8,10H2,(H,25,26). The zero-order valence-corrected chi connectivity index (χ0v) is 14.8. The summed E-state index contributed by atoms with van der Waals surface area (Å²) in [6.07, 6.45) is -3.21. The Hall–Kier alpha value is -2.55. The average Bonchev–Trinajstić information content (AvgIpc) is 2.64. The molecule has 0 spiro atoms. The van der Waals surface area contributed by atoms with Gasteiger partial charge in [0.05, 0.1) is 16.3 Å². The highest BCUT2D eigenvalue weighted by molar-refractivity contribution is 7.99. The van der Waals surface area contributed by atoms with Crippen LogP contribution in [-0.4, -0.2) is 39.2 Å². The summed E-state index contributed by atoms with van der Waals surface area (Å²) in [7, 11) is 0. The van der Waals surface area contributed by atoms with E-state index >= 15 is 0 Å². The summed E-state index contributed by atoms with van der Waals surface area (Å²) in [5.41, 5.74) is 0.616. The van der Waals surface area contributed by atoms with Gasteiger partial charge in [-0.1, -0.05) is 36.0 Å². The summed E-state index contributed by atoms with van der Waals surface area (Å²) in [5.74, 6) is -1.62. The number of nitrogens with zero attached hydrogens (tertiary/aromatic N) is 2. The first-order chi connectivity index (χ1) is 12.8. The number of carboxylic acids is 1. The monoisotopic (exact) mass is 396 g/mol. The number of benzene rings is 1. The summed E-state index contributed by atoms with van der Waals surface area (Å²) in [6, 6.07) is 8.11. The van der Waals surface area contributed by atoms with Crippen LogP contribution in [0.3, 0.4) is 0 Å². The van der Waals surface area contributed by atoms with Crippen molar-refractivity contribution in [3.63, 3.8) is 0 Å². The highest BCUT2D eigenvalue weighted by Gasteiger charge is 2.35. The predicted molar refractivity (Wildman–Crippen MR) is 92.2 cm³/mol. The van der Waals surface area contributed by atoms with E-state index < -0.39 is 29.7 Å². The maximum atomic E-state index is 12.6. The van der Waals surface area contributed by atoms with E-state index in [4.69, 9.17) is 0 Å². The minimum absolute atomic E-state index is 0.107. The molecule has 1 unspecified atom stereocenters. The predicted octanol–water partition coefficient (Wildman–Crippen LogP) is 3.40. The highest BCUT2D eigenvalue weighted by Crippen LogP contribution is 2.32. The third-order valence-electron chi connectivity index (χ3n) is 4.24. The number of carbonyl (C=O) groups excluding carboxylic acids is 1. The molecule has 1 amide bonds. The smallest absolute Gasteiger partial charge is 0.417 e. The maximum Gasteiger partial charge on any atom is 0.417 e. The third kappa shape index (κ3) is 4.24. The van der Waals surface area contributed by atoms with Crippen LogP contribution in [0.2, 0.25) is 0 Å². The molecular formula is C18H15F3N2O3S. The van der Waals surface area contributed by atoms with E-state index in [0.717, 1.165) is 23.4 Å². The molecule has 0 aliphatic carbocycles. The van der Waals surface area contributed by atoms with Gasteiger partial charge in [0.15, 0.2) is 6.04 Å². The lowest BCUT2D eigenvalue weighted by atomic mass is 9.92. The van der Waals surface area contributed by atoms with Crippen LogP contribution in [0.25, 0.3) is 0 Å². The minimum atomic E-state index is -4.47. The number of thioether (sulfide) groups is 1. The molecule has 9 heteroatoms. The van der Waals surface area contributed by atoms with Crippen molar-refractivity contribution in [3.8, 4) is 0 Å². The molecule has 1 N–H and O–H groups in total. The van der Waals surface area contributed by atoms with E-state index in [1.807, 2.05) is 12.1 Å². The fourth-order valence-electron chi connectivity index (χ4n) is 2.95.